The Bertz CT molecular complexity index is 973. The van der Waals surface area contributed by atoms with Gasteiger partial charge in [-0.3, -0.25) is 0 Å². The summed E-state index contributed by atoms with van der Waals surface area (Å²) in [5, 5.41) is 14.5. The molecule has 3 nitrogen and oxygen atoms in total. The molecular formula is C21H18N2O. The number of aromatic amines is 1. The Morgan fingerprint density at radius 1 is 0.792 bits per heavy atom. The molecule has 0 aliphatic carbocycles. The van der Waals surface area contributed by atoms with E-state index in [2.05, 4.69) is 40.6 Å². The van der Waals surface area contributed by atoms with Crippen molar-refractivity contribution in [1.29, 1.82) is 0 Å². The number of anilines is 1. The first-order valence-corrected chi connectivity index (χ1v) is 8.00. The summed E-state index contributed by atoms with van der Waals surface area (Å²) in [5.74, 6) is 0.263. The SMILES string of the molecule is Oc1ccccc1NCc1c(-c2ccccc2)[nH]c2ccccc12. The van der Waals surface area contributed by atoms with Gasteiger partial charge in [-0.05, 0) is 23.8 Å². The summed E-state index contributed by atoms with van der Waals surface area (Å²) < 4.78 is 0. The van der Waals surface area contributed by atoms with E-state index in [4.69, 9.17) is 0 Å². The number of aromatic hydroxyl groups is 1. The maximum Gasteiger partial charge on any atom is 0.138 e. The minimum absolute atomic E-state index is 0.263. The zero-order chi connectivity index (χ0) is 16.4. The van der Waals surface area contributed by atoms with Crippen molar-refractivity contribution < 1.29 is 5.11 Å². The predicted octanol–water partition coefficient (Wildman–Crippen LogP) is 5.15. The van der Waals surface area contributed by atoms with Crippen molar-refractivity contribution >= 4 is 16.6 Å². The highest BCUT2D eigenvalue weighted by molar-refractivity contribution is 5.91. The quantitative estimate of drug-likeness (QED) is 0.456. The Morgan fingerprint density at radius 2 is 1.50 bits per heavy atom. The molecule has 0 atom stereocenters. The first kappa shape index (κ1) is 14.4. The molecule has 4 rings (SSSR count). The van der Waals surface area contributed by atoms with Crippen LogP contribution in [-0.2, 0) is 6.54 Å². The third-order valence-corrected chi connectivity index (χ3v) is 4.24. The molecule has 3 heteroatoms. The Kier molecular flexibility index (Phi) is 3.67. The number of nitrogens with one attached hydrogen (secondary N) is 2. The molecule has 0 unspecified atom stereocenters. The van der Waals surface area contributed by atoms with E-state index in [0.29, 0.717) is 6.54 Å². The Balaban J connectivity index is 1.77. The minimum atomic E-state index is 0.263. The number of hydrogen-bond acceptors (Lipinski definition) is 2. The topological polar surface area (TPSA) is 48.0 Å². The second-order valence-electron chi connectivity index (χ2n) is 5.76. The van der Waals surface area contributed by atoms with Crippen molar-refractivity contribution in [1.82, 2.24) is 4.98 Å². The van der Waals surface area contributed by atoms with Crippen LogP contribution in [0.3, 0.4) is 0 Å². The number of aromatic nitrogens is 1. The Hall–Kier alpha value is -3.20. The number of rotatable bonds is 4. The van der Waals surface area contributed by atoms with Crippen molar-refractivity contribution in [2.45, 2.75) is 6.54 Å². The van der Waals surface area contributed by atoms with Gasteiger partial charge in [0.1, 0.15) is 5.75 Å². The van der Waals surface area contributed by atoms with E-state index in [-0.39, 0.29) is 5.75 Å². The molecule has 3 aromatic carbocycles. The lowest BCUT2D eigenvalue weighted by atomic mass is 10.1. The largest absolute Gasteiger partial charge is 0.506 e. The molecule has 1 heterocycles. The molecule has 3 N–H and O–H groups in total. The summed E-state index contributed by atoms with van der Waals surface area (Å²) in [6.07, 6.45) is 0. The molecule has 118 valence electrons. The fourth-order valence-electron chi connectivity index (χ4n) is 3.04. The zero-order valence-electron chi connectivity index (χ0n) is 13.2. The number of fused-ring (bicyclic) bond motifs is 1. The average molecular weight is 314 g/mol. The molecule has 0 fully saturated rings. The highest BCUT2D eigenvalue weighted by Gasteiger charge is 2.13. The van der Waals surface area contributed by atoms with Gasteiger partial charge in [0.05, 0.1) is 11.4 Å². The molecule has 1 aromatic heterocycles. The summed E-state index contributed by atoms with van der Waals surface area (Å²) in [4.78, 5) is 3.53. The van der Waals surface area contributed by atoms with Gasteiger partial charge < -0.3 is 15.4 Å². The van der Waals surface area contributed by atoms with Crippen molar-refractivity contribution in [3.8, 4) is 17.0 Å². The number of benzene rings is 3. The molecule has 0 bridgehead atoms. The monoisotopic (exact) mass is 314 g/mol. The minimum Gasteiger partial charge on any atom is -0.506 e. The summed E-state index contributed by atoms with van der Waals surface area (Å²) in [5.41, 5.74) is 5.31. The number of hydrogen-bond donors (Lipinski definition) is 3. The van der Waals surface area contributed by atoms with E-state index in [1.807, 2.05) is 42.5 Å². The summed E-state index contributed by atoms with van der Waals surface area (Å²) in [6.45, 7) is 0.631. The van der Waals surface area contributed by atoms with Crippen molar-refractivity contribution in [3.05, 3.63) is 84.4 Å². The molecule has 0 amide bonds. The highest BCUT2D eigenvalue weighted by atomic mass is 16.3. The van der Waals surface area contributed by atoms with Crippen molar-refractivity contribution in [3.63, 3.8) is 0 Å². The molecule has 0 aliphatic rings. The molecule has 0 aliphatic heterocycles. The van der Waals surface area contributed by atoms with E-state index in [0.717, 1.165) is 22.5 Å². The molecule has 0 radical (unpaired) electrons. The highest BCUT2D eigenvalue weighted by Crippen LogP contribution is 2.31. The summed E-state index contributed by atoms with van der Waals surface area (Å²) in [6, 6.07) is 25.9. The first-order valence-electron chi connectivity index (χ1n) is 8.00. The maximum absolute atomic E-state index is 9.97. The van der Waals surface area contributed by atoms with Crippen LogP contribution in [0.25, 0.3) is 22.2 Å². The van der Waals surface area contributed by atoms with Gasteiger partial charge in [0.25, 0.3) is 0 Å². The molecule has 24 heavy (non-hydrogen) atoms. The fraction of sp³-hybridized carbons (Fsp3) is 0.0476. The van der Waals surface area contributed by atoms with Gasteiger partial charge in [-0.15, -0.1) is 0 Å². The van der Waals surface area contributed by atoms with Gasteiger partial charge >= 0.3 is 0 Å². The van der Waals surface area contributed by atoms with E-state index in [1.54, 1.807) is 6.07 Å². The molecule has 0 spiro atoms. The van der Waals surface area contributed by atoms with E-state index in [1.165, 1.54) is 10.9 Å². The van der Waals surface area contributed by atoms with Crippen LogP contribution in [-0.4, -0.2) is 10.1 Å². The molecule has 0 saturated heterocycles. The smallest absolute Gasteiger partial charge is 0.138 e. The van der Waals surface area contributed by atoms with E-state index < -0.39 is 0 Å². The van der Waals surface area contributed by atoms with Crippen LogP contribution in [0.1, 0.15) is 5.56 Å². The van der Waals surface area contributed by atoms with Crippen LogP contribution in [0.15, 0.2) is 78.9 Å². The lowest BCUT2D eigenvalue weighted by Gasteiger charge is -2.10. The lowest BCUT2D eigenvalue weighted by Crippen LogP contribution is -2.00. The Morgan fingerprint density at radius 3 is 2.33 bits per heavy atom. The number of H-pyrrole nitrogens is 1. The molecule has 0 saturated carbocycles. The molecular weight excluding hydrogens is 296 g/mol. The van der Waals surface area contributed by atoms with E-state index >= 15 is 0 Å². The van der Waals surface area contributed by atoms with Crippen molar-refractivity contribution in [2.24, 2.45) is 0 Å². The predicted molar refractivity (Wildman–Crippen MR) is 99.2 cm³/mol. The van der Waals surface area contributed by atoms with Crippen LogP contribution in [0.4, 0.5) is 5.69 Å². The summed E-state index contributed by atoms with van der Waals surface area (Å²) in [7, 11) is 0. The third-order valence-electron chi connectivity index (χ3n) is 4.24. The average Bonchev–Trinajstić information content (AvgIpc) is 3.00. The third kappa shape index (κ3) is 2.61. The summed E-state index contributed by atoms with van der Waals surface area (Å²) >= 11 is 0. The van der Waals surface area contributed by atoms with Crippen molar-refractivity contribution in [2.75, 3.05) is 5.32 Å². The standard InChI is InChI=1S/C21H18N2O/c24-20-13-7-6-12-19(20)22-14-17-16-10-4-5-11-18(16)23-21(17)15-8-2-1-3-9-15/h1-13,22-24H,14H2. The number of phenolic OH excluding ortho intramolecular Hbond substituents is 1. The lowest BCUT2D eigenvalue weighted by molar-refractivity contribution is 0.477. The van der Waals surface area contributed by atoms with Crippen LogP contribution in [0.2, 0.25) is 0 Å². The van der Waals surface area contributed by atoms with Gasteiger partial charge in [0, 0.05) is 23.0 Å². The Labute approximate surface area is 140 Å². The van der Waals surface area contributed by atoms with Crippen LogP contribution >= 0.6 is 0 Å². The van der Waals surface area contributed by atoms with Crippen LogP contribution in [0, 0.1) is 0 Å². The van der Waals surface area contributed by atoms with Gasteiger partial charge in [-0.25, -0.2) is 0 Å². The number of phenols is 1. The van der Waals surface area contributed by atoms with Gasteiger partial charge in [0.2, 0.25) is 0 Å². The van der Waals surface area contributed by atoms with Gasteiger partial charge in [-0.1, -0.05) is 60.7 Å². The zero-order valence-corrected chi connectivity index (χ0v) is 13.2. The van der Waals surface area contributed by atoms with Gasteiger partial charge in [-0.2, -0.15) is 0 Å². The van der Waals surface area contributed by atoms with Crippen LogP contribution in [0.5, 0.6) is 5.75 Å². The normalized spacial score (nSPS) is 10.8. The first-order chi connectivity index (χ1) is 11.8. The maximum atomic E-state index is 9.97. The number of para-hydroxylation sites is 3. The molecule has 4 aromatic rings. The van der Waals surface area contributed by atoms with E-state index in [9.17, 15) is 5.11 Å². The second kappa shape index (κ2) is 6.13. The second-order valence-corrected chi connectivity index (χ2v) is 5.76. The van der Waals surface area contributed by atoms with Crippen LogP contribution < -0.4 is 5.32 Å². The van der Waals surface area contributed by atoms with Gasteiger partial charge in [0.15, 0.2) is 0 Å². The fourth-order valence-corrected chi connectivity index (χ4v) is 3.04.